The Hall–Kier alpha value is -3.37. The molecule has 202 valence electrons. The molecule has 2 fully saturated rings. The van der Waals surface area contributed by atoms with Gasteiger partial charge in [-0.3, -0.25) is 9.59 Å². The molecule has 38 heavy (non-hydrogen) atoms. The van der Waals surface area contributed by atoms with Gasteiger partial charge < -0.3 is 29.0 Å². The molecule has 2 aliphatic heterocycles. The number of ether oxygens (including phenoxy) is 2. The first-order valence-corrected chi connectivity index (χ1v) is 12.8. The fraction of sp³-hybridized carbons (Fsp3) is 0.464. The monoisotopic (exact) mass is 522 g/mol. The number of carbonyl (C=O) groups excluding carboxylic acids is 3. The summed E-state index contributed by atoms with van der Waals surface area (Å²) in [5.41, 5.74) is 1.66. The Labute approximate surface area is 223 Å². The van der Waals surface area contributed by atoms with Crippen molar-refractivity contribution in [2.24, 2.45) is 5.92 Å². The summed E-state index contributed by atoms with van der Waals surface area (Å²) in [6.45, 7) is 8.60. The van der Waals surface area contributed by atoms with Crippen molar-refractivity contribution in [3.63, 3.8) is 0 Å². The van der Waals surface area contributed by atoms with Crippen LogP contribution in [-0.2, 0) is 41.4 Å². The lowest BCUT2D eigenvalue weighted by Crippen LogP contribution is -2.59. The summed E-state index contributed by atoms with van der Waals surface area (Å²) >= 11 is 0. The van der Waals surface area contributed by atoms with Gasteiger partial charge in [0.1, 0.15) is 12.6 Å². The van der Waals surface area contributed by atoms with Crippen molar-refractivity contribution < 1.29 is 33.2 Å². The quantitative estimate of drug-likeness (QED) is 0.420. The van der Waals surface area contributed by atoms with Crippen molar-refractivity contribution in [1.29, 1.82) is 0 Å². The lowest BCUT2D eigenvalue weighted by atomic mass is 9.78. The summed E-state index contributed by atoms with van der Waals surface area (Å²) in [5, 5.41) is 2.72. The van der Waals surface area contributed by atoms with Crippen molar-refractivity contribution in [1.82, 2.24) is 10.2 Å². The van der Waals surface area contributed by atoms with E-state index in [1.165, 1.54) is 7.11 Å². The number of hydrogen-bond acceptors (Lipinski definition) is 7. The number of rotatable bonds is 8. The summed E-state index contributed by atoms with van der Waals surface area (Å²) in [4.78, 5) is 39.2. The van der Waals surface area contributed by atoms with Crippen LogP contribution < -0.4 is 10.8 Å². The third-order valence-corrected chi connectivity index (χ3v) is 7.48. The number of esters is 1. The number of nitrogens with one attached hydrogen (secondary N) is 1. The van der Waals surface area contributed by atoms with E-state index in [2.05, 4.69) is 5.32 Å². The number of methoxy groups -OCH3 is 1. The second kappa shape index (κ2) is 11.2. The zero-order valence-electron chi connectivity index (χ0n) is 22.6. The van der Waals surface area contributed by atoms with Crippen LogP contribution in [0.25, 0.3) is 0 Å². The molecule has 2 saturated heterocycles. The van der Waals surface area contributed by atoms with Crippen molar-refractivity contribution >= 4 is 30.6 Å². The zero-order valence-corrected chi connectivity index (χ0v) is 22.6. The van der Waals surface area contributed by atoms with E-state index >= 15 is 0 Å². The number of nitrogens with zero attached hydrogens (tertiary/aromatic N) is 1. The van der Waals surface area contributed by atoms with Crippen LogP contribution in [0.2, 0.25) is 0 Å². The zero-order chi connectivity index (χ0) is 27.5. The topological polar surface area (TPSA) is 103 Å². The second-order valence-corrected chi connectivity index (χ2v) is 10.8. The van der Waals surface area contributed by atoms with Crippen molar-refractivity contribution in [2.75, 3.05) is 20.2 Å². The van der Waals surface area contributed by atoms with Crippen LogP contribution in [0.1, 0.15) is 38.8 Å². The highest BCUT2D eigenvalue weighted by Crippen LogP contribution is 2.36. The molecular weight excluding hydrogens is 487 g/mol. The Bertz CT molecular complexity index is 1130. The lowest BCUT2D eigenvalue weighted by molar-refractivity contribution is -0.156. The van der Waals surface area contributed by atoms with Gasteiger partial charge in [0.05, 0.1) is 24.2 Å². The molecule has 0 bridgehead atoms. The smallest absolute Gasteiger partial charge is 0.469 e. The van der Waals surface area contributed by atoms with Gasteiger partial charge >= 0.3 is 19.2 Å². The summed E-state index contributed by atoms with van der Waals surface area (Å²) in [6, 6.07) is 16.0. The van der Waals surface area contributed by atoms with Crippen LogP contribution in [0.15, 0.2) is 54.6 Å². The molecule has 0 aliphatic carbocycles. The lowest BCUT2D eigenvalue weighted by Gasteiger charge is -2.39. The maximum atomic E-state index is 13.3. The molecule has 9 nitrogen and oxygen atoms in total. The van der Waals surface area contributed by atoms with Gasteiger partial charge in [0.2, 0.25) is 5.91 Å². The number of hydrogen-bond donors (Lipinski definition) is 1. The van der Waals surface area contributed by atoms with Crippen molar-refractivity contribution in [2.45, 2.75) is 58.0 Å². The van der Waals surface area contributed by atoms with Crippen LogP contribution in [0, 0.1) is 5.92 Å². The van der Waals surface area contributed by atoms with Crippen LogP contribution in [0.5, 0.6) is 0 Å². The van der Waals surface area contributed by atoms with Gasteiger partial charge in [-0.1, -0.05) is 54.6 Å². The van der Waals surface area contributed by atoms with E-state index in [1.54, 1.807) is 4.90 Å². The maximum absolute atomic E-state index is 13.3. The molecule has 1 N–H and O–H groups in total. The molecule has 4 rings (SSSR count). The standard InChI is InChI=1S/C28H35BN2O7/c1-27(2)28(3,4)38-29(37-27)22-13-11-19(12-14-22)15-23(24(32)31-16-21(17-31)25(33)35-5)30-26(34)36-18-20-9-7-6-8-10-20/h6-14,21,23H,15-18H2,1-5H3,(H,30,34)/t23-/m0/s1. The first-order chi connectivity index (χ1) is 18.0. The van der Waals surface area contributed by atoms with Gasteiger partial charge in [-0.05, 0) is 44.3 Å². The minimum absolute atomic E-state index is 0.0878. The van der Waals surface area contributed by atoms with Crippen LogP contribution in [-0.4, -0.2) is 67.4 Å². The number of likely N-dealkylation sites (tertiary alicyclic amines) is 1. The highest BCUT2D eigenvalue weighted by molar-refractivity contribution is 6.62. The van der Waals surface area contributed by atoms with Crippen LogP contribution in [0.4, 0.5) is 4.79 Å². The molecule has 1 atom stereocenters. The molecule has 0 aromatic heterocycles. The van der Waals surface area contributed by atoms with Gasteiger partial charge in [-0.25, -0.2) is 4.79 Å². The molecule has 2 aromatic rings. The molecule has 2 aliphatic rings. The van der Waals surface area contributed by atoms with E-state index < -0.39 is 30.5 Å². The molecule has 2 amide bonds. The normalized spacial score (nSPS) is 18.9. The van der Waals surface area contributed by atoms with Crippen LogP contribution in [0.3, 0.4) is 0 Å². The first kappa shape index (κ1) is 27.7. The largest absolute Gasteiger partial charge is 0.494 e. The Morgan fingerprint density at radius 2 is 1.58 bits per heavy atom. The Balaban J connectivity index is 1.42. The maximum Gasteiger partial charge on any atom is 0.494 e. The Morgan fingerprint density at radius 1 is 0.974 bits per heavy atom. The molecule has 0 saturated carbocycles. The predicted octanol–water partition coefficient (Wildman–Crippen LogP) is 2.45. The molecule has 0 unspecified atom stereocenters. The second-order valence-electron chi connectivity index (χ2n) is 10.8. The van der Waals surface area contributed by atoms with E-state index in [9.17, 15) is 14.4 Å². The van der Waals surface area contributed by atoms with Gasteiger partial charge in [-0.2, -0.15) is 0 Å². The van der Waals surface area contributed by atoms with E-state index in [0.29, 0.717) is 0 Å². The SMILES string of the molecule is COC(=O)C1CN(C(=O)[C@H](Cc2ccc(B3OC(C)(C)C(C)(C)O3)cc2)NC(=O)OCc2ccccc2)C1. The summed E-state index contributed by atoms with van der Waals surface area (Å²) < 4.78 is 22.4. The Kier molecular flexibility index (Phi) is 8.13. The number of benzene rings is 2. The van der Waals surface area contributed by atoms with Gasteiger partial charge in [0.15, 0.2) is 0 Å². The third kappa shape index (κ3) is 6.19. The van der Waals surface area contributed by atoms with Crippen molar-refractivity contribution in [3.8, 4) is 0 Å². The summed E-state index contributed by atoms with van der Waals surface area (Å²) in [6.07, 6.45) is -0.437. The molecular formula is C28H35BN2O7. The Morgan fingerprint density at radius 3 is 2.16 bits per heavy atom. The molecule has 10 heteroatoms. The van der Waals surface area contributed by atoms with Gasteiger partial charge in [-0.15, -0.1) is 0 Å². The van der Waals surface area contributed by atoms with Gasteiger partial charge in [0.25, 0.3) is 0 Å². The molecule has 2 heterocycles. The average Bonchev–Trinajstić information content (AvgIpc) is 3.08. The van der Waals surface area contributed by atoms with E-state index in [4.69, 9.17) is 18.8 Å². The third-order valence-electron chi connectivity index (χ3n) is 7.48. The predicted molar refractivity (Wildman–Crippen MR) is 141 cm³/mol. The highest BCUT2D eigenvalue weighted by atomic mass is 16.7. The minimum atomic E-state index is -0.862. The average molecular weight is 522 g/mol. The highest BCUT2D eigenvalue weighted by Gasteiger charge is 2.51. The summed E-state index contributed by atoms with van der Waals surface area (Å²) in [5.74, 6) is -0.982. The molecule has 0 spiro atoms. The molecule has 2 aromatic carbocycles. The molecule has 0 radical (unpaired) electrons. The first-order valence-electron chi connectivity index (χ1n) is 12.8. The van der Waals surface area contributed by atoms with E-state index in [-0.39, 0.29) is 43.9 Å². The summed E-state index contributed by atoms with van der Waals surface area (Å²) in [7, 11) is 0.835. The minimum Gasteiger partial charge on any atom is -0.469 e. The number of carbonyl (C=O) groups is 3. The van der Waals surface area contributed by atoms with E-state index in [0.717, 1.165) is 16.6 Å². The van der Waals surface area contributed by atoms with Crippen molar-refractivity contribution in [3.05, 3.63) is 65.7 Å². The fourth-order valence-corrected chi connectivity index (χ4v) is 4.33. The van der Waals surface area contributed by atoms with E-state index in [1.807, 2.05) is 82.3 Å². The van der Waals surface area contributed by atoms with Crippen LogP contribution >= 0.6 is 0 Å². The number of alkyl carbamates (subject to hydrolysis) is 1. The number of amides is 2. The van der Waals surface area contributed by atoms with Gasteiger partial charge in [0, 0.05) is 19.5 Å². The fourth-order valence-electron chi connectivity index (χ4n) is 4.33.